The number of carbonyl (C=O) groups is 1. The third-order valence-corrected chi connectivity index (χ3v) is 3.76. The Kier molecular flexibility index (Phi) is 6.29. The number of benzene rings is 1. The maximum absolute atomic E-state index is 11.7. The molecule has 2 rings (SSSR count). The number of halogens is 1. The standard InChI is InChI=1S/C14H21BrN4O/c15-13-3-1-2-12(10-13)11-18-14(20)17-6-9-19-7-4-16-5-8-19/h1-3,10,16H,4-9,11H2,(H2,17,18,20). The second-order valence-electron chi connectivity index (χ2n) is 4.83. The summed E-state index contributed by atoms with van der Waals surface area (Å²) in [5.41, 5.74) is 1.08. The molecule has 1 aliphatic heterocycles. The molecule has 1 heterocycles. The highest BCUT2D eigenvalue weighted by Crippen LogP contribution is 2.11. The first-order valence-corrected chi connectivity index (χ1v) is 7.72. The monoisotopic (exact) mass is 340 g/mol. The van der Waals surface area contributed by atoms with Crippen LogP contribution in [0.3, 0.4) is 0 Å². The van der Waals surface area contributed by atoms with Crippen LogP contribution in [0.25, 0.3) is 0 Å². The average molecular weight is 341 g/mol. The molecule has 1 aliphatic rings. The van der Waals surface area contributed by atoms with Crippen molar-refractivity contribution in [3.05, 3.63) is 34.3 Å². The Morgan fingerprint density at radius 3 is 2.85 bits per heavy atom. The predicted octanol–water partition coefficient (Wildman–Crippen LogP) is 1.15. The van der Waals surface area contributed by atoms with E-state index >= 15 is 0 Å². The van der Waals surface area contributed by atoms with Gasteiger partial charge in [0, 0.05) is 50.3 Å². The maximum atomic E-state index is 11.7. The molecule has 0 aromatic heterocycles. The van der Waals surface area contributed by atoms with E-state index in [0.29, 0.717) is 13.1 Å². The summed E-state index contributed by atoms with van der Waals surface area (Å²) in [5, 5.41) is 9.06. The second kappa shape index (κ2) is 8.24. The SMILES string of the molecule is O=C(NCCN1CCNCC1)NCc1cccc(Br)c1. The molecular weight excluding hydrogens is 320 g/mol. The van der Waals surface area contributed by atoms with Crippen LogP contribution >= 0.6 is 15.9 Å². The lowest BCUT2D eigenvalue weighted by Gasteiger charge is -2.27. The van der Waals surface area contributed by atoms with Crippen molar-refractivity contribution in [1.82, 2.24) is 20.9 Å². The quantitative estimate of drug-likeness (QED) is 0.753. The van der Waals surface area contributed by atoms with Gasteiger partial charge in [-0.05, 0) is 17.7 Å². The minimum absolute atomic E-state index is 0.111. The van der Waals surface area contributed by atoms with Crippen LogP contribution < -0.4 is 16.0 Å². The summed E-state index contributed by atoms with van der Waals surface area (Å²) in [6.45, 7) is 6.32. The van der Waals surface area contributed by atoms with Gasteiger partial charge in [-0.3, -0.25) is 4.90 Å². The van der Waals surface area contributed by atoms with Crippen molar-refractivity contribution >= 4 is 22.0 Å². The van der Waals surface area contributed by atoms with Crippen molar-refractivity contribution in [1.29, 1.82) is 0 Å². The molecule has 0 saturated carbocycles. The first kappa shape index (κ1) is 15.3. The van der Waals surface area contributed by atoms with Gasteiger partial charge in [-0.15, -0.1) is 0 Å². The lowest BCUT2D eigenvalue weighted by Crippen LogP contribution is -2.47. The van der Waals surface area contributed by atoms with Gasteiger partial charge in [0.25, 0.3) is 0 Å². The van der Waals surface area contributed by atoms with Crippen LogP contribution in [0.15, 0.2) is 28.7 Å². The van der Waals surface area contributed by atoms with E-state index in [0.717, 1.165) is 42.8 Å². The lowest BCUT2D eigenvalue weighted by atomic mass is 10.2. The van der Waals surface area contributed by atoms with Gasteiger partial charge in [-0.25, -0.2) is 4.79 Å². The molecule has 0 radical (unpaired) electrons. The highest BCUT2D eigenvalue weighted by Gasteiger charge is 2.09. The molecule has 6 heteroatoms. The van der Waals surface area contributed by atoms with Crippen molar-refractivity contribution in [3.8, 4) is 0 Å². The van der Waals surface area contributed by atoms with Crippen LogP contribution in [0.1, 0.15) is 5.56 Å². The van der Waals surface area contributed by atoms with Crippen LogP contribution in [0.4, 0.5) is 4.79 Å². The predicted molar refractivity (Wildman–Crippen MR) is 83.7 cm³/mol. The number of carbonyl (C=O) groups excluding carboxylic acids is 1. The van der Waals surface area contributed by atoms with E-state index < -0.39 is 0 Å². The summed E-state index contributed by atoms with van der Waals surface area (Å²) in [6, 6.07) is 7.81. The zero-order valence-electron chi connectivity index (χ0n) is 11.5. The number of urea groups is 1. The number of hydrogen-bond donors (Lipinski definition) is 3. The van der Waals surface area contributed by atoms with E-state index in [9.17, 15) is 4.79 Å². The van der Waals surface area contributed by atoms with E-state index in [2.05, 4.69) is 36.8 Å². The molecule has 1 fully saturated rings. The summed E-state index contributed by atoms with van der Waals surface area (Å²) in [5.74, 6) is 0. The Balaban J connectivity index is 1.60. The van der Waals surface area contributed by atoms with Crippen LogP contribution in [-0.2, 0) is 6.54 Å². The van der Waals surface area contributed by atoms with Gasteiger partial charge in [-0.2, -0.15) is 0 Å². The topological polar surface area (TPSA) is 56.4 Å². The van der Waals surface area contributed by atoms with Gasteiger partial charge in [0.15, 0.2) is 0 Å². The zero-order chi connectivity index (χ0) is 14.2. The van der Waals surface area contributed by atoms with E-state index in [-0.39, 0.29) is 6.03 Å². The fourth-order valence-electron chi connectivity index (χ4n) is 2.15. The minimum Gasteiger partial charge on any atom is -0.337 e. The molecule has 0 aliphatic carbocycles. The van der Waals surface area contributed by atoms with Crippen molar-refractivity contribution in [2.75, 3.05) is 39.3 Å². The molecule has 1 aromatic carbocycles. The molecule has 3 N–H and O–H groups in total. The summed E-state index contributed by atoms with van der Waals surface area (Å²) in [4.78, 5) is 14.0. The first-order valence-electron chi connectivity index (χ1n) is 6.93. The molecule has 0 bridgehead atoms. The number of nitrogens with one attached hydrogen (secondary N) is 3. The molecule has 1 aromatic rings. The Morgan fingerprint density at radius 2 is 2.10 bits per heavy atom. The van der Waals surface area contributed by atoms with Gasteiger partial charge >= 0.3 is 6.03 Å². The first-order chi connectivity index (χ1) is 9.74. The van der Waals surface area contributed by atoms with Crippen molar-refractivity contribution in [2.24, 2.45) is 0 Å². The largest absolute Gasteiger partial charge is 0.337 e. The molecule has 20 heavy (non-hydrogen) atoms. The molecular formula is C14H21BrN4O. The van der Waals surface area contributed by atoms with Crippen molar-refractivity contribution in [2.45, 2.75) is 6.54 Å². The zero-order valence-corrected chi connectivity index (χ0v) is 13.1. The highest BCUT2D eigenvalue weighted by atomic mass is 79.9. The van der Waals surface area contributed by atoms with Crippen molar-refractivity contribution < 1.29 is 4.79 Å². The van der Waals surface area contributed by atoms with Gasteiger partial charge in [0.2, 0.25) is 0 Å². The normalized spacial score (nSPS) is 15.8. The number of hydrogen-bond acceptors (Lipinski definition) is 3. The molecule has 5 nitrogen and oxygen atoms in total. The molecule has 0 spiro atoms. The van der Waals surface area contributed by atoms with Crippen LogP contribution in [0.2, 0.25) is 0 Å². The van der Waals surface area contributed by atoms with Gasteiger partial charge in [0.05, 0.1) is 0 Å². The van der Waals surface area contributed by atoms with Crippen molar-refractivity contribution in [3.63, 3.8) is 0 Å². The third-order valence-electron chi connectivity index (χ3n) is 3.27. The summed E-state index contributed by atoms with van der Waals surface area (Å²) < 4.78 is 1.02. The lowest BCUT2D eigenvalue weighted by molar-refractivity contribution is 0.226. The Bertz CT molecular complexity index is 435. The van der Waals surface area contributed by atoms with Crippen LogP contribution in [0.5, 0.6) is 0 Å². The summed E-state index contributed by atoms with van der Waals surface area (Å²) in [6.07, 6.45) is 0. The Hall–Kier alpha value is -1.11. The molecule has 110 valence electrons. The fourth-order valence-corrected chi connectivity index (χ4v) is 2.60. The fraction of sp³-hybridized carbons (Fsp3) is 0.500. The second-order valence-corrected chi connectivity index (χ2v) is 5.75. The number of piperazine rings is 1. The highest BCUT2D eigenvalue weighted by molar-refractivity contribution is 9.10. The van der Waals surface area contributed by atoms with Gasteiger partial charge < -0.3 is 16.0 Å². The minimum atomic E-state index is -0.111. The molecule has 1 saturated heterocycles. The Morgan fingerprint density at radius 1 is 1.30 bits per heavy atom. The van der Waals surface area contributed by atoms with E-state index in [1.165, 1.54) is 0 Å². The summed E-state index contributed by atoms with van der Waals surface area (Å²) in [7, 11) is 0. The van der Waals surface area contributed by atoms with E-state index in [4.69, 9.17) is 0 Å². The average Bonchev–Trinajstić information content (AvgIpc) is 2.46. The van der Waals surface area contributed by atoms with Gasteiger partial charge in [0.1, 0.15) is 0 Å². The third kappa shape index (κ3) is 5.48. The molecule has 0 unspecified atom stereocenters. The smallest absolute Gasteiger partial charge is 0.315 e. The summed E-state index contributed by atoms with van der Waals surface area (Å²) >= 11 is 3.42. The Labute approximate surface area is 128 Å². The number of rotatable bonds is 5. The molecule has 2 amide bonds. The van der Waals surface area contributed by atoms with Gasteiger partial charge in [-0.1, -0.05) is 28.1 Å². The number of amides is 2. The molecule has 0 atom stereocenters. The van der Waals surface area contributed by atoms with E-state index in [1.807, 2.05) is 24.3 Å². The maximum Gasteiger partial charge on any atom is 0.315 e. The van der Waals surface area contributed by atoms with Crippen LogP contribution in [0, 0.1) is 0 Å². The number of nitrogens with zero attached hydrogens (tertiary/aromatic N) is 1. The van der Waals surface area contributed by atoms with Crippen LogP contribution in [-0.4, -0.2) is 50.2 Å². The van der Waals surface area contributed by atoms with E-state index in [1.54, 1.807) is 0 Å².